The molecule has 0 radical (unpaired) electrons. The highest BCUT2D eigenvalue weighted by atomic mass is 16.3. The second kappa shape index (κ2) is 16.0. The van der Waals surface area contributed by atoms with Crippen molar-refractivity contribution in [3.8, 4) is 0 Å². The first-order valence-corrected chi connectivity index (χ1v) is 8.60. The van der Waals surface area contributed by atoms with Gasteiger partial charge in [0.15, 0.2) is 0 Å². The number of aliphatic hydroxyl groups is 2. The van der Waals surface area contributed by atoms with E-state index in [2.05, 4.69) is 6.92 Å². The lowest BCUT2D eigenvalue weighted by molar-refractivity contribution is 0.122. The predicted molar refractivity (Wildman–Crippen MR) is 83.4 cm³/mol. The van der Waals surface area contributed by atoms with Gasteiger partial charge in [-0.05, 0) is 12.8 Å². The molecule has 0 aromatic rings. The van der Waals surface area contributed by atoms with Gasteiger partial charge in [0, 0.05) is 6.61 Å². The summed E-state index contributed by atoms with van der Waals surface area (Å²) < 4.78 is 0. The maximum absolute atomic E-state index is 9.45. The van der Waals surface area contributed by atoms with E-state index in [9.17, 15) is 5.11 Å². The topological polar surface area (TPSA) is 40.5 Å². The van der Waals surface area contributed by atoms with E-state index < -0.39 is 0 Å². The molecular weight excluding hydrogens is 236 g/mol. The highest BCUT2D eigenvalue weighted by Gasteiger charge is 2.02. The molecule has 2 heteroatoms. The van der Waals surface area contributed by atoms with Crippen LogP contribution >= 0.6 is 0 Å². The number of aliphatic hydroxyl groups excluding tert-OH is 2. The van der Waals surface area contributed by atoms with Gasteiger partial charge in [0.2, 0.25) is 0 Å². The maximum atomic E-state index is 9.45. The van der Waals surface area contributed by atoms with Gasteiger partial charge in [0.05, 0.1) is 6.10 Å². The lowest BCUT2D eigenvalue weighted by Gasteiger charge is -2.08. The molecule has 0 fully saturated rings. The van der Waals surface area contributed by atoms with Gasteiger partial charge >= 0.3 is 0 Å². The smallest absolute Gasteiger partial charge is 0.0562 e. The molecule has 1 unspecified atom stereocenters. The fourth-order valence-electron chi connectivity index (χ4n) is 2.51. The first kappa shape index (κ1) is 18.9. The van der Waals surface area contributed by atoms with E-state index in [0.29, 0.717) is 6.42 Å². The summed E-state index contributed by atoms with van der Waals surface area (Å²) in [5, 5.41) is 18.1. The van der Waals surface area contributed by atoms with E-state index in [1.165, 1.54) is 70.6 Å². The largest absolute Gasteiger partial charge is 0.396 e. The van der Waals surface area contributed by atoms with E-state index >= 15 is 0 Å². The van der Waals surface area contributed by atoms with Crippen LogP contribution in [0.2, 0.25) is 0 Å². The van der Waals surface area contributed by atoms with E-state index in [-0.39, 0.29) is 12.7 Å². The molecule has 0 saturated carbocycles. The third kappa shape index (κ3) is 15.9. The minimum atomic E-state index is -0.284. The first-order chi connectivity index (χ1) is 9.31. The quantitative estimate of drug-likeness (QED) is 0.420. The van der Waals surface area contributed by atoms with E-state index in [4.69, 9.17) is 5.11 Å². The molecule has 0 spiro atoms. The second-order valence-corrected chi connectivity index (χ2v) is 5.84. The van der Waals surface area contributed by atoms with Crippen molar-refractivity contribution in [2.24, 2.45) is 0 Å². The molecule has 2 N–H and O–H groups in total. The zero-order chi connectivity index (χ0) is 14.2. The SMILES string of the molecule is CCCCCCCCCCCCCCC(O)CCO. The van der Waals surface area contributed by atoms with Crippen molar-refractivity contribution < 1.29 is 10.2 Å². The van der Waals surface area contributed by atoms with Gasteiger partial charge in [-0.1, -0.05) is 84.0 Å². The normalized spacial score (nSPS) is 12.8. The molecular formula is C17H36O2. The zero-order valence-corrected chi connectivity index (χ0v) is 13.1. The van der Waals surface area contributed by atoms with Crippen LogP contribution in [0.25, 0.3) is 0 Å². The monoisotopic (exact) mass is 272 g/mol. The molecule has 0 rings (SSSR count). The van der Waals surface area contributed by atoms with Gasteiger partial charge in [-0.2, -0.15) is 0 Å². The Labute approximate surface area is 120 Å². The second-order valence-electron chi connectivity index (χ2n) is 5.84. The van der Waals surface area contributed by atoms with Crippen LogP contribution in [-0.2, 0) is 0 Å². The molecule has 0 aromatic carbocycles. The highest BCUT2D eigenvalue weighted by Crippen LogP contribution is 2.13. The van der Waals surface area contributed by atoms with E-state index in [1.807, 2.05) is 0 Å². The Hall–Kier alpha value is -0.0800. The standard InChI is InChI=1S/C17H36O2/c1-2-3-4-5-6-7-8-9-10-11-12-13-14-17(19)15-16-18/h17-19H,2-16H2,1H3. The van der Waals surface area contributed by atoms with Crippen molar-refractivity contribution in [2.45, 2.75) is 103 Å². The summed E-state index contributed by atoms with van der Waals surface area (Å²) in [7, 11) is 0. The molecule has 0 aliphatic heterocycles. The minimum absolute atomic E-state index is 0.111. The van der Waals surface area contributed by atoms with Gasteiger partial charge in [-0.15, -0.1) is 0 Å². The molecule has 0 aliphatic rings. The Morgan fingerprint density at radius 3 is 1.47 bits per heavy atom. The van der Waals surface area contributed by atoms with Crippen LogP contribution in [0.4, 0.5) is 0 Å². The fourth-order valence-corrected chi connectivity index (χ4v) is 2.51. The Bertz CT molecular complexity index is 159. The Balaban J connectivity index is 2.99. The van der Waals surface area contributed by atoms with E-state index in [1.54, 1.807) is 0 Å². The predicted octanol–water partition coefficient (Wildman–Crippen LogP) is 4.82. The van der Waals surface area contributed by atoms with Gasteiger partial charge in [0.1, 0.15) is 0 Å². The summed E-state index contributed by atoms with van der Waals surface area (Å²) in [4.78, 5) is 0. The molecule has 0 saturated heterocycles. The lowest BCUT2D eigenvalue weighted by Crippen LogP contribution is -2.08. The molecule has 0 bridgehead atoms. The molecule has 116 valence electrons. The van der Waals surface area contributed by atoms with Crippen molar-refractivity contribution in [1.29, 1.82) is 0 Å². The van der Waals surface area contributed by atoms with Gasteiger partial charge in [-0.25, -0.2) is 0 Å². The summed E-state index contributed by atoms with van der Waals surface area (Å²) in [5.41, 5.74) is 0. The molecule has 0 aliphatic carbocycles. The van der Waals surface area contributed by atoms with Gasteiger partial charge in [0.25, 0.3) is 0 Å². The van der Waals surface area contributed by atoms with Crippen LogP contribution in [0.3, 0.4) is 0 Å². The highest BCUT2D eigenvalue weighted by molar-refractivity contribution is 4.55. The Kier molecular flexibility index (Phi) is 15.9. The number of unbranched alkanes of at least 4 members (excludes halogenated alkanes) is 11. The summed E-state index contributed by atoms with van der Waals surface area (Å²) in [5.74, 6) is 0. The van der Waals surface area contributed by atoms with Gasteiger partial charge < -0.3 is 10.2 Å². The molecule has 2 nitrogen and oxygen atoms in total. The first-order valence-electron chi connectivity index (χ1n) is 8.60. The minimum Gasteiger partial charge on any atom is -0.396 e. The molecule has 19 heavy (non-hydrogen) atoms. The summed E-state index contributed by atoms with van der Waals surface area (Å²) >= 11 is 0. The van der Waals surface area contributed by atoms with Crippen LogP contribution in [0.1, 0.15) is 96.8 Å². The Morgan fingerprint density at radius 1 is 0.632 bits per heavy atom. The van der Waals surface area contributed by atoms with Crippen molar-refractivity contribution >= 4 is 0 Å². The fraction of sp³-hybridized carbons (Fsp3) is 1.00. The average Bonchev–Trinajstić information content (AvgIpc) is 2.40. The third-order valence-electron chi connectivity index (χ3n) is 3.85. The van der Waals surface area contributed by atoms with Crippen molar-refractivity contribution in [3.63, 3.8) is 0 Å². The Morgan fingerprint density at radius 2 is 1.05 bits per heavy atom. The lowest BCUT2D eigenvalue weighted by atomic mass is 10.0. The maximum Gasteiger partial charge on any atom is 0.0562 e. The molecule has 0 heterocycles. The third-order valence-corrected chi connectivity index (χ3v) is 3.85. The number of hydrogen-bond acceptors (Lipinski definition) is 2. The molecule has 0 amide bonds. The summed E-state index contributed by atoms with van der Waals surface area (Å²) in [6.07, 6.45) is 17.3. The van der Waals surface area contributed by atoms with Crippen LogP contribution in [0.15, 0.2) is 0 Å². The van der Waals surface area contributed by atoms with Crippen LogP contribution in [0.5, 0.6) is 0 Å². The number of hydrogen-bond donors (Lipinski definition) is 2. The van der Waals surface area contributed by atoms with Crippen molar-refractivity contribution in [1.82, 2.24) is 0 Å². The van der Waals surface area contributed by atoms with Crippen LogP contribution in [0, 0.1) is 0 Å². The molecule has 1 atom stereocenters. The van der Waals surface area contributed by atoms with Gasteiger partial charge in [-0.3, -0.25) is 0 Å². The zero-order valence-electron chi connectivity index (χ0n) is 13.1. The average molecular weight is 272 g/mol. The van der Waals surface area contributed by atoms with Crippen LogP contribution in [-0.4, -0.2) is 22.9 Å². The van der Waals surface area contributed by atoms with Crippen molar-refractivity contribution in [3.05, 3.63) is 0 Å². The summed E-state index contributed by atoms with van der Waals surface area (Å²) in [6.45, 7) is 2.38. The van der Waals surface area contributed by atoms with Crippen molar-refractivity contribution in [2.75, 3.05) is 6.61 Å². The molecule has 0 aromatic heterocycles. The number of rotatable bonds is 15. The van der Waals surface area contributed by atoms with Crippen LogP contribution < -0.4 is 0 Å². The van der Waals surface area contributed by atoms with E-state index in [0.717, 1.165) is 12.8 Å². The summed E-state index contributed by atoms with van der Waals surface area (Å²) in [6, 6.07) is 0.